The van der Waals surface area contributed by atoms with E-state index in [-0.39, 0.29) is 16.0 Å². The molecular formula is C28H32N2O6S. The first-order valence-corrected chi connectivity index (χ1v) is 13.5. The highest BCUT2D eigenvalue weighted by Crippen LogP contribution is 2.35. The van der Waals surface area contributed by atoms with Crippen molar-refractivity contribution < 1.29 is 27.4 Å². The summed E-state index contributed by atoms with van der Waals surface area (Å²) in [5.41, 5.74) is 1.13. The number of amides is 1. The molecule has 1 saturated heterocycles. The summed E-state index contributed by atoms with van der Waals surface area (Å²) in [4.78, 5) is 13.4. The van der Waals surface area contributed by atoms with Gasteiger partial charge in [0.2, 0.25) is 5.91 Å². The van der Waals surface area contributed by atoms with Gasteiger partial charge in [0.15, 0.2) is 0 Å². The predicted octanol–water partition coefficient (Wildman–Crippen LogP) is 3.76. The number of sulfonamides is 1. The van der Waals surface area contributed by atoms with E-state index in [1.54, 1.807) is 36.4 Å². The molecule has 0 saturated carbocycles. The molecular weight excluding hydrogens is 492 g/mol. The molecule has 0 bridgehead atoms. The van der Waals surface area contributed by atoms with Crippen molar-refractivity contribution >= 4 is 21.6 Å². The minimum absolute atomic E-state index is 0.0391. The van der Waals surface area contributed by atoms with Gasteiger partial charge in [-0.05, 0) is 54.8 Å². The Morgan fingerprint density at radius 1 is 0.919 bits per heavy atom. The lowest BCUT2D eigenvalue weighted by Gasteiger charge is -2.38. The Labute approximate surface area is 218 Å². The second-order valence-electron chi connectivity index (χ2n) is 8.89. The van der Waals surface area contributed by atoms with Gasteiger partial charge in [0.05, 0.1) is 24.8 Å². The second-order valence-corrected chi connectivity index (χ2v) is 10.8. The Kier molecular flexibility index (Phi) is 8.35. The number of hydrogen-bond donors (Lipinski definition) is 1. The summed E-state index contributed by atoms with van der Waals surface area (Å²) in [6.45, 7) is 1.17. The maximum absolute atomic E-state index is 13.8. The number of carbonyl (C=O) groups is 1. The molecule has 0 spiro atoms. The molecule has 0 atom stereocenters. The topological polar surface area (TPSA) is 94.2 Å². The highest BCUT2D eigenvalue weighted by molar-refractivity contribution is 7.92. The van der Waals surface area contributed by atoms with Gasteiger partial charge in [-0.15, -0.1) is 0 Å². The van der Waals surface area contributed by atoms with Gasteiger partial charge in [0, 0.05) is 25.2 Å². The summed E-state index contributed by atoms with van der Waals surface area (Å²) in [6.07, 6.45) is 1.52. The van der Waals surface area contributed by atoms with Crippen LogP contribution in [-0.2, 0) is 25.0 Å². The van der Waals surface area contributed by atoms with Gasteiger partial charge in [-0.25, -0.2) is 8.42 Å². The minimum atomic E-state index is -4.10. The van der Waals surface area contributed by atoms with Crippen molar-refractivity contribution in [1.82, 2.24) is 5.32 Å². The first-order chi connectivity index (χ1) is 17.9. The molecule has 1 aliphatic heterocycles. The number of para-hydroxylation sites is 2. The van der Waals surface area contributed by atoms with E-state index in [1.165, 1.54) is 26.4 Å². The van der Waals surface area contributed by atoms with Crippen LogP contribution in [0, 0.1) is 0 Å². The lowest BCUT2D eigenvalue weighted by atomic mass is 9.74. The van der Waals surface area contributed by atoms with E-state index < -0.39 is 22.5 Å². The number of anilines is 1. The van der Waals surface area contributed by atoms with E-state index in [9.17, 15) is 13.2 Å². The van der Waals surface area contributed by atoms with Gasteiger partial charge < -0.3 is 19.5 Å². The molecule has 0 radical (unpaired) electrons. The Bertz CT molecular complexity index is 1290. The molecule has 196 valence electrons. The fraction of sp³-hybridized carbons (Fsp3) is 0.321. The summed E-state index contributed by atoms with van der Waals surface area (Å²) in [5, 5.41) is 3.01. The Hall–Kier alpha value is -3.56. The van der Waals surface area contributed by atoms with E-state index in [0.29, 0.717) is 31.3 Å². The lowest BCUT2D eigenvalue weighted by Crippen LogP contribution is -2.48. The number of carbonyl (C=O) groups excluding carboxylic acids is 1. The van der Waals surface area contributed by atoms with Gasteiger partial charge >= 0.3 is 0 Å². The molecule has 0 aliphatic carbocycles. The molecule has 1 amide bonds. The Morgan fingerprint density at radius 2 is 1.57 bits per heavy atom. The first kappa shape index (κ1) is 26.5. The molecule has 37 heavy (non-hydrogen) atoms. The van der Waals surface area contributed by atoms with E-state index in [2.05, 4.69) is 17.4 Å². The van der Waals surface area contributed by atoms with Crippen LogP contribution in [0.3, 0.4) is 0 Å². The monoisotopic (exact) mass is 524 g/mol. The van der Waals surface area contributed by atoms with Crippen LogP contribution in [0.5, 0.6) is 11.5 Å². The summed E-state index contributed by atoms with van der Waals surface area (Å²) in [7, 11) is -1.13. The van der Waals surface area contributed by atoms with Gasteiger partial charge in [-0.3, -0.25) is 9.10 Å². The van der Waals surface area contributed by atoms with Crippen LogP contribution < -0.4 is 19.1 Å². The first-order valence-electron chi connectivity index (χ1n) is 12.1. The minimum Gasteiger partial charge on any atom is -0.497 e. The molecule has 4 rings (SSSR count). The third kappa shape index (κ3) is 5.89. The van der Waals surface area contributed by atoms with E-state index >= 15 is 0 Å². The van der Waals surface area contributed by atoms with Gasteiger partial charge in [-0.2, -0.15) is 0 Å². The van der Waals surface area contributed by atoms with Crippen LogP contribution in [0.25, 0.3) is 0 Å². The SMILES string of the molecule is COc1ccc(S(=O)(=O)N(CC(=O)NCC2(c3ccccc3)CCOCC2)c2ccccc2OC)cc1. The fourth-order valence-corrected chi connectivity index (χ4v) is 6.02. The van der Waals surface area contributed by atoms with Crippen molar-refractivity contribution in [2.24, 2.45) is 0 Å². The van der Waals surface area contributed by atoms with Crippen LogP contribution >= 0.6 is 0 Å². The third-order valence-corrected chi connectivity index (χ3v) is 8.52. The zero-order chi connectivity index (χ0) is 26.3. The molecule has 8 nitrogen and oxygen atoms in total. The molecule has 3 aromatic carbocycles. The highest BCUT2D eigenvalue weighted by Gasteiger charge is 2.36. The average Bonchev–Trinajstić information content (AvgIpc) is 2.95. The van der Waals surface area contributed by atoms with Crippen molar-refractivity contribution in [2.75, 3.05) is 44.8 Å². The van der Waals surface area contributed by atoms with Crippen LogP contribution in [0.4, 0.5) is 5.69 Å². The molecule has 1 aliphatic rings. The van der Waals surface area contributed by atoms with Gasteiger partial charge in [0.25, 0.3) is 10.0 Å². The molecule has 1 N–H and O–H groups in total. The Balaban J connectivity index is 1.61. The molecule has 9 heteroatoms. The van der Waals surface area contributed by atoms with Crippen LogP contribution in [0.1, 0.15) is 18.4 Å². The van der Waals surface area contributed by atoms with Crippen molar-refractivity contribution in [1.29, 1.82) is 0 Å². The van der Waals surface area contributed by atoms with Crippen molar-refractivity contribution in [3.8, 4) is 11.5 Å². The molecule has 0 unspecified atom stereocenters. The number of nitrogens with zero attached hydrogens (tertiary/aromatic N) is 1. The largest absolute Gasteiger partial charge is 0.497 e. The van der Waals surface area contributed by atoms with Crippen molar-refractivity contribution in [2.45, 2.75) is 23.2 Å². The van der Waals surface area contributed by atoms with Crippen molar-refractivity contribution in [3.63, 3.8) is 0 Å². The van der Waals surface area contributed by atoms with Crippen LogP contribution in [0.15, 0.2) is 83.8 Å². The number of hydrogen-bond acceptors (Lipinski definition) is 6. The number of rotatable bonds is 10. The summed E-state index contributed by atoms with van der Waals surface area (Å²) >= 11 is 0. The van der Waals surface area contributed by atoms with E-state index in [0.717, 1.165) is 22.7 Å². The average molecular weight is 525 g/mol. The molecule has 1 fully saturated rings. The number of benzene rings is 3. The third-order valence-electron chi connectivity index (χ3n) is 6.75. The van der Waals surface area contributed by atoms with Crippen molar-refractivity contribution in [3.05, 3.63) is 84.4 Å². The highest BCUT2D eigenvalue weighted by atomic mass is 32.2. The molecule has 3 aromatic rings. The number of methoxy groups -OCH3 is 2. The molecule has 1 heterocycles. The summed E-state index contributed by atoms with van der Waals surface area (Å²) < 4.78 is 44.8. The second kappa shape index (κ2) is 11.7. The summed E-state index contributed by atoms with van der Waals surface area (Å²) in [5.74, 6) is 0.463. The van der Waals surface area contributed by atoms with Crippen LogP contribution in [-0.4, -0.2) is 54.8 Å². The lowest BCUT2D eigenvalue weighted by molar-refractivity contribution is -0.120. The number of nitrogens with one attached hydrogen (secondary N) is 1. The zero-order valence-electron chi connectivity index (χ0n) is 21.1. The van der Waals surface area contributed by atoms with Gasteiger partial charge in [-0.1, -0.05) is 42.5 Å². The number of ether oxygens (including phenoxy) is 3. The zero-order valence-corrected chi connectivity index (χ0v) is 21.9. The maximum Gasteiger partial charge on any atom is 0.264 e. The standard InChI is InChI=1S/C28H32N2O6S/c1-34-23-12-14-24(15-13-23)37(32,33)30(25-10-6-7-11-26(25)35-2)20-27(31)29-21-28(16-18-36-19-17-28)22-8-4-3-5-9-22/h3-15H,16-21H2,1-2H3,(H,29,31). The normalized spacial score (nSPS) is 15.0. The predicted molar refractivity (Wildman–Crippen MR) is 142 cm³/mol. The smallest absolute Gasteiger partial charge is 0.264 e. The Morgan fingerprint density at radius 3 is 2.22 bits per heavy atom. The van der Waals surface area contributed by atoms with Gasteiger partial charge in [0.1, 0.15) is 18.0 Å². The summed E-state index contributed by atoms with van der Waals surface area (Å²) in [6, 6.07) is 22.9. The fourth-order valence-electron chi connectivity index (χ4n) is 4.59. The van der Waals surface area contributed by atoms with Crippen LogP contribution in [0.2, 0.25) is 0 Å². The van der Waals surface area contributed by atoms with E-state index in [1.807, 2.05) is 18.2 Å². The van der Waals surface area contributed by atoms with E-state index in [4.69, 9.17) is 14.2 Å². The molecule has 0 aromatic heterocycles. The quantitative estimate of drug-likeness (QED) is 0.434. The maximum atomic E-state index is 13.8.